The van der Waals surface area contributed by atoms with E-state index in [0.29, 0.717) is 6.42 Å². The largest absolute Gasteiger partial charge is 0.324 e. The predicted octanol–water partition coefficient (Wildman–Crippen LogP) is 3.15. The molecule has 4 heteroatoms. The van der Waals surface area contributed by atoms with Gasteiger partial charge in [0.2, 0.25) is 0 Å². The van der Waals surface area contributed by atoms with Crippen LogP contribution in [0.5, 0.6) is 0 Å². The first-order chi connectivity index (χ1) is 6.93. The molecule has 0 radical (unpaired) electrons. The van der Waals surface area contributed by atoms with Crippen molar-refractivity contribution in [3.05, 3.63) is 35.1 Å². The van der Waals surface area contributed by atoms with Gasteiger partial charge in [-0.15, -0.1) is 0 Å². The van der Waals surface area contributed by atoms with Crippen LogP contribution in [0.15, 0.2) is 12.1 Å². The van der Waals surface area contributed by atoms with E-state index in [-0.39, 0.29) is 11.5 Å². The molecule has 0 saturated carbocycles. The SMILES string of the molecule is CC(C)C[C@@H](N)c1ccc(F)c(F)c1F. The van der Waals surface area contributed by atoms with E-state index in [2.05, 4.69) is 0 Å². The van der Waals surface area contributed by atoms with Crippen LogP contribution in [0, 0.1) is 23.4 Å². The normalized spacial score (nSPS) is 13.3. The van der Waals surface area contributed by atoms with Crippen molar-refractivity contribution in [3.8, 4) is 0 Å². The van der Waals surface area contributed by atoms with Crippen molar-refractivity contribution in [2.75, 3.05) is 0 Å². The van der Waals surface area contributed by atoms with E-state index >= 15 is 0 Å². The monoisotopic (exact) mass is 217 g/mol. The lowest BCUT2D eigenvalue weighted by Crippen LogP contribution is -2.15. The van der Waals surface area contributed by atoms with Crippen LogP contribution in [0.3, 0.4) is 0 Å². The highest BCUT2D eigenvalue weighted by atomic mass is 19.2. The highest BCUT2D eigenvalue weighted by molar-refractivity contribution is 5.23. The predicted molar refractivity (Wildman–Crippen MR) is 52.7 cm³/mol. The topological polar surface area (TPSA) is 26.0 Å². The third-order valence-electron chi connectivity index (χ3n) is 2.19. The summed E-state index contributed by atoms with van der Waals surface area (Å²) in [6.45, 7) is 3.86. The van der Waals surface area contributed by atoms with Gasteiger partial charge in [-0.25, -0.2) is 13.2 Å². The van der Waals surface area contributed by atoms with Gasteiger partial charge in [0.1, 0.15) is 0 Å². The van der Waals surface area contributed by atoms with Crippen molar-refractivity contribution in [1.29, 1.82) is 0 Å². The summed E-state index contributed by atoms with van der Waals surface area (Å²) in [7, 11) is 0. The molecular weight excluding hydrogens is 203 g/mol. The summed E-state index contributed by atoms with van der Waals surface area (Å²) in [5.74, 6) is -3.55. The molecule has 84 valence electrons. The third-order valence-corrected chi connectivity index (χ3v) is 2.19. The number of hydrogen-bond acceptors (Lipinski definition) is 1. The van der Waals surface area contributed by atoms with E-state index in [1.165, 1.54) is 6.07 Å². The van der Waals surface area contributed by atoms with E-state index in [9.17, 15) is 13.2 Å². The fourth-order valence-electron chi connectivity index (χ4n) is 1.46. The molecule has 1 atom stereocenters. The van der Waals surface area contributed by atoms with Crippen LogP contribution in [-0.2, 0) is 0 Å². The Labute approximate surface area is 87.1 Å². The molecule has 0 aromatic heterocycles. The van der Waals surface area contributed by atoms with Crippen LogP contribution in [0.1, 0.15) is 31.9 Å². The van der Waals surface area contributed by atoms with Crippen LogP contribution < -0.4 is 5.73 Å². The number of nitrogens with two attached hydrogens (primary N) is 1. The van der Waals surface area contributed by atoms with Gasteiger partial charge in [-0.1, -0.05) is 19.9 Å². The fourth-order valence-corrected chi connectivity index (χ4v) is 1.46. The van der Waals surface area contributed by atoms with Crippen LogP contribution in [0.4, 0.5) is 13.2 Å². The van der Waals surface area contributed by atoms with Gasteiger partial charge in [-0.2, -0.15) is 0 Å². The van der Waals surface area contributed by atoms with E-state index < -0.39 is 23.5 Å². The van der Waals surface area contributed by atoms with Crippen LogP contribution >= 0.6 is 0 Å². The van der Waals surface area contributed by atoms with Gasteiger partial charge in [0.05, 0.1) is 0 Å². The lowest BCUT2D eigenvalue weighted by atomic mass is 9.97. The molecule has 0 bridgehead atoms. The van der Waals surface area contributed by atoms with Crippen LogP contribution in [-0.4, -0.2) is 0 Å². The van der Waals surface area contributed by atoms with E-state index in [4.69, 9.17) is 5.73 Å². The maximum absolute atomic E-state index is 13.3. The maximum atomic E-state index is 13.3. The zero-order chi connectivity index (χ0) is 11.6. The summed E-state index contributed by atoms with van der Waals surface area (Å²) < 4.78 is 38.8. The summed E-state index contributed by atoms with van der Waals surface area (Å²) in [5.41, 5.74) is 5.72. The Morgan fingerprint density at radius 2 is 1.73 bits per heavy atom. The average Bonchev–Trinajstić information content (AvgIpc) is 2.13. The highest BCUT2D eigenvalue weighted by Crippen LogP contribution is 2.24. The maximum Gasteiger partial charge on any atom is 0.194 e. The van der Waals surface area contributed by atoms with Gasteiger partial charge in [-0.3, -0.25) is 0 Å². The molecule has 1 aromatic rings. The minimum absolute atomic E-state index is 0.0302. The molecule has 0 saturated heterocycles. The molecule has 1 rings (SSSR count). The summed E-state index contributed by atoms with van der Waals surface area (Å²) in [4.78, 5) is 0. The van der Waals surface area contributed by atoms with Crippen LogP contribution in [0.25, 0.3) is 0 Å². The molecule has 2 N–H and O–H groups in total. The van der Waals surface area contributed by atoms with Gasteiger partial charge >= 0.3 is 0 Å². The van der Waals surface area contributed by atoms with Gasteiger partial charge in [0.15, 0.2) is 17.5 Å². The lowest BCUT2D eigenvalue weighted by molar-refractivity contribution is 0.424. The summed E-state index contributed by atoms with van der Waals surface area (Å²) in [6, 6.07) is 1.49. The molecule has 0 fully saturated rings. The molecule has 0 spiro atoms. The number of halogens is 3. The van der Waals surface area contributed by atoms with Crippen LogP contribution in [0.2, 0.25) is 0 Å². The Morgan fingerprint density at radius 3 is 2.27 bits per heavy atom. The summed E-state index contributed by atoms with van der Waals surface area (Å²) >= 11 is 0. The number of benzene rings is 1. The molecule has 0 aliphatic heterocycles. The van der Waals surface area contributed by atoms with Crippen molar-refractivity contribution in [2.45, 2.75) is 26.3 Å². The molecule has 15 heavy (non-hydrogen) atoms. The molecule has 0 heterocycles. The molecular formula is C11H14F3N. The molecule has 0 aliphatic carbocycles. The Kier molecular flexibility index (Phi) is 3.74. The summed E-state index contributed by atoms with van der Waals surface area (Å²) in [6.07, 6.45) is 0.530. The van der Waals surface area contributed by atoms with Gasteiger partial charge in [-0.05, 0) is 18.4 Å². The third kappa shape index (κ3) is 2.72. The lowest BCUT2D eigenvalue weighted by Gasteiger charge is -2.15. The van der Waals surface area contributed by atoms with E-state index in [1.807, 2.05) is 13.8 Å². The van der Waals surface area contributed by atoms with Crippen molar-refractivity contribution in [2.24, 2.45) is 11.7 Å². The molecule has 0 aliphatic rings. The Bertz CT molecular complexity index is 350. The Morgan fingerprint density at radius 1 is 1.13 bits per heavy atom. The second-order valence-electron chi connectivity index (χ2n) is 4.00. The van der Waals surface area contributed by atoms with Crippen molar-refractivity contribution >= 4 is 0 Å². The number of rotatable bonds is 3. The smallest absolute Gasteiger partial charge is 0.194 e. The minimum Gasteiger partial charge on any atom is -0.324 e. The second kappa shape index (κ2) is 4.66. The summed E-state index contributed by atoms with van der Waals surface area (Å²) in [5, 5.41) is 0. The molecule has 1 aromatic carbocycles. The number of hydrogen-bond donors (Lipinski definition) is 1. The zero-order valence-corrected chi connectivity index (χ0v) is 8.73. The van der Waals surface area contributed by atoms with Gasteiger partial charge in [0, 0.05) is 11.6 Å². The Hall–Kier alpha value is -1.03. The zero-order valence-electron chi connectivity index (χ0n) is 8.73. The van der Waals surface area contributed by atoms with Gasteiger partial charge < -0.3 is 5.73 Å². The standard InChI is InChI=1S/C11H14F3N/c1-6(2)5-9(15)7-3-4-8(12)11(14)10(7)13/h3-4,6,9H,5,15H2,1-2H3/t9-/m1/s1. The first-order valence-electron chi connectivity index (χ1n) is 4.82. The second-order valence-corrected chi connectivity index (χ2v) is 4.00. The average molecular weight is 217 g/mol. The first kappa shape index (κ1) is 12.0. The molecule has 0 unspecified atom stereocenters. The molecule has 1 nitrogen and oxygen atoms in total. The first-order valence-corrected chi connectivity index (χ1v) is 4.82. The highest BCUT2D eigenvalue weighted by Gasteiger charge is 2.18. The van der Waals surface area contributed by atoms with Crippen molar-refractivity contribution in [3.63, 3.8) is 0 Å². The quantitative estimate of drug-likeness (QED) is 0.773. The van der Waals surface area contributed by atoms with E-state index in [1.54, 1.807) is 0 Å². The minimum atomic E-state index is -1.45. The molecule has 0 amide bonds. The Balaban J connectivity index is 3.00. The van der Waals surface area contributed by atoms with Crippen molar-refractivity contribution < 1.29 is 13.2 Å². The van der Waals surface area contributed by atoms with Crippen molar-refractivity contribution in [1.82, 2.24) is 0 Å². The van der Waals surface area contributed by atoms with Gasteiger partial charge in [0.25, 0.3) is 0 Å². The van der Waals surface area contributed by atoms with E-state index in [0.717, 1.165) is 6.07 Å². The fraction of sp³-hybridized carbons (Fsp3) is 0.455.